The monoisotopic (exact) mass is 226 g/mol. The maximum atomic E-state index is 5.26. The van der Waals surface area contributed by atoms with Gasteiger partial charge in [-0.3, -0.25) is 0 Å². The molecule has 0 fully saturated rings. The van der Waals surface area contributed by atoms with E-state index in [9.17, 15) is 0 Å². The predicted molar refractivity (Wildman–Crippen MR) is 69.0 cm³/mol. The van der Waals surface area contributed by atoms with Gasteiger partial charge in [-0.15, -0.1) is 11.8 Å². The van der Waals surface area contributed by atoms with E-state index in [0.717, 1.165) is 12.4 Å². The van der Waals surface area contributed by atoms with Gasteiger partial charge in [0.25, 0.3) is 0 Å². The van der Waals surface area contributed by atoms with Crippen LogP contribution in [0.2, 0.25) is 0 Å². The molecule has 0 aromatic heterocycles. The zero-order chi connectivity index (χ0) is 10.9. The second-order valence-electron chi connectivity index (χ2n) is 3.96. The van der Waals surface area contributed by atoms with Crippen molar-refractivity contribution < 1.29 is 4.74 Å². The Balaban J connectivity index is 0.000000151. The van der Waals surface area contributed by atoms with Crippen LogP contribution >= 0.6 is 11.8 Å². The second kappa shape index (κ2) is 7.86. The fraction of sp³-hybridized carbons (Fsp3) is 0.692. The summed E-state index contributed by atoms with van der Waals surface area (Å²) >= 11 is 1.98. The summed E-state index contributed by atoms with van der Waals surface area (Å²) in [6.45, 7) is 5.12. The molecule has 0 aromatic rings. The Morgan fingerprint density at radius 3 is 2.47 bits per heavy atom. The van der Waals surface area contributed by atoms with Crippen LogP contribution < -0.4 is 0 Å². The minimum absolute atomic E-state index is 0.919. The Morgan fingerprint density at radius 2 is 1.87 bits per heavy atom. The van der Waals surface area contributed by atoms with Gasteiger partial charge in [-0.25, -0.2) is 0 Å². The van der Waals surface area contributed by atoms with Crippen LogP contribution in [0.1, 0.15) is 46.0 Å². The first-order valence-electron chi connectivity index (χ1n) is 5.88. The Labute approximate surface area is 98.0 Å². The van der Waals surface area contributed by atoms with E-state index in [1.165, 1.54) is 42.8 Å². The van der Waals surface area contributed by atoms with E-state index in [0.29, 0.717) is 0 Å². The van der Waals surface area contributed by atoms with Crippen LogP contribution in [0.25, 0.3) is 0 Å². The average molecular weight is 226 g/mol. The molecule has 2 rings (SSSR count). The molecule has 1 nitrogen and oxygen atoms in total. The molecule has 0 aliphatic carbocycles. The van der Waals surface area contributed by atoms with E-state index in [1.54, 1.807) is 0 Å². The lowest BCUT2D eigenvalue weighted by Gasteiger charge is -2.05. The molecule has 2 heteroatoms. The third-order valence-electron chi connectivity index (χ3n) is 2.47. The lowest BCUT2D eigenvalue weighted by Crippen LogP contribution is -1.86. The molecule has 0 aromatic carbocycles. The fourth-order valence-electron chi connectivity index (χ4n) is 1.52. The van der Waals surface area contributed by atoms with Crippen molar-refractivity contribution in [2.75, 3.05) is 12.4 Å². The van der Waals surface area contributed by atoms with Crippen LogP contribution in [0, 0.1) is 0 Å². The highest BCUT2D eigenvalue weighted by Gasteiger charge is 1.96. The Kier molecular flexibility index (Phi) is 6.66. The molecule has 86 valence electrons. The number of thioether (sulfide) groups is 1. The van der Waals surface area contributed by atoms with E-state index in [1.807, 2.05) is 18.7 Å². The maximum Gasteiger partial charge on any atom is 0.0889 e. The summed E-state index contributed by atoms with van der Waals surface area (Å²) in [5.41, 5.74) is 0. The standard InChI is InChI=1S/C7H12O.C6H10S/c1-7-5-3-2-4-6-8-7;1-6-4-2-3-5-7-6/h5H,2-4,6H2,1H3;4H,2-3,5H2,1H3. The van der Waals surface area contributed by atoms with Crippen LogP contribution in [0.3, 0.4) is 0 Å². The molecule has 0 spiro atoms. The van der Waals surface area contributed by atoms with Crippen molar-refractivity contribution in [1.82, 2.24) is 0 Å². The molecule has 2 heterocycles. The van der Waals surface area contributed by atoms with Gasteiger partial charge in [0.05, 0.1) is 12.4 Å². The van der Waals surface area contributed by atoms with Gasteiger partial charge < -0.3 is 4.74 Å². The average Bonchev–Trinajstić information content (AvgIpc) is 2.48. The molecule has 0 saturated carbocycles. The molecular weight excluding hydrogens is 204 g/mol. The smallest absolute Gasteiger partial charge is 0.0889 e. The zero-order valence-corrected chi connectivity index (χ0v) is 10.7. The summed E-state index contributed by atoms with van der Waals surface area (Å²) < 4.78 is 5.26. The highest BCUT2D eigenvalue weighted by molar-refractivity contribution is 8.03. The Hall–Kier alpha value is -0.370. The number of hydrogen-bond acceptors (Lipinski definition) is 2. The number of ether oxygens (including phenoxy) is 1. The number of rotatable bonds is 0. The molecular formula is C13H22OS. The van der Waals surface area contributed by atoms with Crippen LogP contribution in [-0.2, 0) is 4.74 Å². The number of allylic oxidation sites excluding steroid dienone is 4. The minimum atomic E-state index is 0.919. The third-order valence-corrected chi connectivity index (χ3v) is 3.58. The van der Waals surface area contributed by atoms with Crippen molar-refractivity contribution in [3.8, 4) is 0 Å². The predicted octanol–water partition coefficient (Wildman–Crippen LogP) is 4.51. The molecule has 0 amide bonds. The van der Waals surface area contributed by atoms with Crippen LogP contribution in [-0.4, -0.2) is 12.4 Å². The Morgan fingerprint density at radius 1 is 1.07 bits per heavy atom. The SMILES string of the molecule is CC1=CCCCCO1.CC1=CCCCS1. The van der Waals surface area contributed by atoms with Crippen molar-refractivity contribution in [3.05, 3.63) is 22.8 Å². The van der Waals surface area contributed by atoms with E-state index < -0.39 is 0 Å². The van der Waals surface area contributed by atoms with Gasteiger partial charge in [0.2, 0.25) is 0 Å². The summed E-state index contributed by atoms with van der Waals surface area (Å²) in [5, 5.41) is 0. The first-order valence-corrected chi connectivity index (χ1v) is 6.87. The van der Waals surface area contributed by atoms with E-state index in [-0.39, 0.29) is 0 Å². The van der Waals surface area contributed by atoms with Gasteiger partial charge in [-0.1, -0.05) is 6.08 Å². The largest absolute Gasteiger partial charge is 0.499 e. The fourth-order valence-corrected chi connectivity index (χ4v) is 2.39. The van der Waals surface area contributed by atoms with Gasteiger partial charge in [-0.2, -0.15) is 0 Å². The van der Waals surface area contributed by atoms with Gasteiger partial charge in [0, 0.05) is 0 Å². The second-order valence-corrected chi connectivity index (χ2v) is 5.31. The highest BCUT2D eigenvalue weighted by atomic mass is 32.2. The first kappa shape index (κ1) is 12.7. The van der Waals surface area contributed by atoms with Crippen molar-refractivity contribution in [1.29, 1.82) is 0 Å². The van der Waals surface area contributed by atoms with Gasteiger partial charge in [0.1, 0.15) is 0 Å². The van der Waals surface area contributed by atoms with Crippen molar-refractivity contribution in [2.24, 2.45) is 0 Å². The van der Waals surface area contributed by atoms with Crippen molar-refractivity contribution >= 4 is 11.8 Å². The van der Waals surface area contributed by atoms with E-state index >= 15 is 0 Å². The molecule has 0 bridgehead atoms. The molecule has 2 aliphatic rings. The molecule has 15 heavy (non-hydrogen) atoms. The van der Waals surface area contributed by atoms with Crippen LogP contribution in [0.15, 0.2) is 22.8 Å². The van der Waals surface area contributed by atoms with Crippen molar-refractivity contribution in [3.63, 3.8) is 0 Å². The summed E-state index contributed by atoms with van der Waals surface area (Å²) in [5.74, 6) is 2.44. The quantitative estimate of drug-likeness (QED) is 0.601. The van der Waals surface area contributed by atoms with Crippen LogP contribution in [0.4, 0.5) is 0 Å². The normalized spacial score (nSPS) is 21.2. The molecule has 0 atom stereocenters. The Bertz CT molecular complexity index is 231. The summed E-state index contributed by atoms with van der Waals surface area (Å²) in [7, 11) is 0. The summed E-state index contributed by atoms with van der Waals surface area (Å²) in [6, 6.07) is 0. The maximum absolute atomic E-state index is 5.26. The minimum Gasteiger partial charge on any atom is -0.499 e. The van der Waals surface area contributed by atoms with Gasteiger partial charge in [-0.05, 0) is 62.7 Å². The number of hydrogen-bond donors (Lipinski definition) is 0. The molecule has 2 aliphatic heterocycles. The molecule has 0 unspecified atom stereocenters. The molecule has 0 radical (unpaired) electrons. The summed E-state index contributed by atoms with van der Waals surface area (Å²) in [4.78, 5) is 1.51. The third kappa shape index (κ3) is 6.67. The van der Waals surface area contributed by atoms with Gasteiger partial charge >= 0.3 is 0 Å². The topological polar surface area (TPSA) is 9.23 Å². The van der Waals surface area contributed by atoms with Crippen molar-refractivity contribution in [2.45, 2.75) is 46.0 Å². The van der Waals surface area contributed by atoms with Crippen LogP contribution in [0.5, 0.6) is 0 Å². The summed E-state index contributed by atoms with van der Waals surface area (Å²) in [6.07, 6.45) is 10.9. The van der Waals surface area contributed by atoms with E-state index in [2.05, 4.69) is 19.1 Å². The van der Waals surface area contributed by atoms with Gasteiger partial charge in [0.15, 0.2) is 0 Å². The molecule has 0 saturated heterocycles. The zero-order valence-electron chi connectivity index (χ0n) is 9.92. The lowest BCUT2D eigenvalue weighted by molar-refractivity contribution is 0.215. The lowest BCUT2D eigenvalue weighted by atomic mass is 10.2. The highest BCUT2D eigenvalue weighted by Crippen LogP contribution is 2.21. The van der Waals surface area contributed by atoms with E-state index in [4.69, 9.17) is 4.74 Å². The molecule has 0 N–H and O–H groups in total. The first-order chi connectivity index (χ1) is 7.29.